The molecule has 1 amide bonds. The number of carbonyl (C=O) groups is 1. The molecule has 1 aromatic heterocycles. The Balaban J connectivity index is 1.75. The van der Waals surface area contributed by atoms with Gasteiger partial charge in [0, 0.05) is 10.7 Å². The van der Waals surface area contributed by atoms with Crippen LogP contribution < -0.4 is 19.8 Å². The van der Waals surface area contributed by atoms with Crippen LogP contribution in [-0.2, 0) is 0 Å². The summed E-state index contributed by atoms with van der Waals surface area (Å²) in [4.78, 5) is 29.3. The van der Waals surface area contributed by atoms with Crippen molar-refractivity contribution >= 4 is 34.2 Å². The van der Waals surface area contributed by atoms with Crippen LogP contribution in [0, 0.1) is 19.8 Å². The summed E-state index contributed by atoms with van der Waals surface area (Å²) >= 11 is 6.30. The molecule has 0 spiro atoms. The Morgan fingerprint density at radius 1 is 1.00 bits per heavy atom. The molecule has 0 fully saturated rings. The highest BCUT2D eigenvalue weighted by molar-refractivity contribution is 6.31. The molecule has 0 saturated heterocycles. The summed E-state index contributed by atoms with van der Waals surface area (Å²) in [6.45, 7) is 8.56. The molecule has 0 radical (unpaired) electrons. The van der Waals surface area contributed by atoms with Gasteiger partial charge in [-0.3, -0.25) is 14.5 Å². The van der Waals surface area contributed by atoms with E-state index in [9.17, 15) is 9.59 Å². The van der Waals surface area contributed by atoms with Crippen molar-refractivity contribution in [1.82, 2.24) is 0 Å². The standard InChI is InChI=1S/C30H28ClNO5/c1-16(2)15-36-23-10-9-19(13-25(23)35-5)27-26-28(33)22-11-17(3)18(4)12-24(22)37-29(26)30(34)32(27)21-8-6-7-20(31)14-21/h6-14,16,27H,15H2,1-5H3. The molecule has 0 bridgehead atoms. The number of hydrogen-bond donors (Lipinski definition) is 0. The monoisotopic (exact) mass is 517 g/mol. The van der Waals surface area contributed by atoms with E-state index in [0.717, 1.165) is 11.1 Å². The molecule has 0 N–H and O–H groups in total. The second-order valence-electron chi connectivity index (χ2n) is 9.78. The van der Waals surface area contributed by atoms with Gasteiger partial charge in [-0.25, -0.2) is 0 Å². The molecule has 2 heterocycles. The zero-order valence-electron chi connectivity index (χ0n) is 21.4. The fourth-order valence-corrected chi connectivity index (χ4v) is 4.85. The zero-order chi connectivity index (χ0) is 26.4. The summed E-state index contributed by atoms with van der Waals surface area (Å²) in [7, 11) is 1.57. The van der Waals surface area contributed by atoms with Gasteiger partial charge in [-0.2, -0.15) is 0 Å². The zero-order valence-corrected chi connectivity index (χ0v) is 22.2. The van der Waals surface area contributed by atoms with Gasteiger partial charge in [-0.05, 0) is 78.9 Å². The summed E-state index contributed by atoms with van der Waals surface area (Å²) in [6, 6.07) is 15.4. The molecule has 1 unspecified atom stereocenters. The number of anilines is 1. The molecule has 1 aliphatic rings. The van der Waals surface area contributed by atoms with Crippen molar-refractivity contribution in [2.24, 2.45) is 5.92 Å². The van der Waals surface area contributed by atoms with Crippen molar-refractivity contribution < 1.29 is 18.7 Å². The van der Waals surface area contributed by atoms with Crippen LogP contribution in [-0.4, -0.2) is 19.6 Å². The number of ether oxygens (including phenoxy) is 2. The van der Waals surface area contributed by atoms with Gasteiger partial charge in [0.25, 0.3) is 5.91 Å². The maximum atomic E-state index is 13.9. The number of fused-ring (bicyclic) bond motifs is 2. The van der Waals surface area contributed by atoms with Crippen molar-refractivity contribution in [3.8, 4) is 11.5 Å². The normalized spacial score (nSPS) is 14.9. The number of amides is 1. The third-order valence-corrected chi connectivity index (χ3v) is 6.88. The number of hydrogen-bond acceptors (Lipinski definition) is 5. The molecule has 0 saturated carbocycles. The maximum absolute atomic E-state index is 13.9. The molecular weight excluding hydrogens is 490 g/mol. The Hall–Kier alpha value is -3.77. The van der Waals surface area contributed by atoms with Gasteiger partial charge >= 0.3 is 0 Å². The number of aryl methyl sites for hydroxylation is 2. The third kappa shape index (κ3) is 4.36. The van der Waals surface area contributed by atoms with Gasteiger partial charge in [-0.1, -0.05) is 37.6 Å². The van der Waals surface area contributed by atoms with Gasteiger partial charge < -0.3 is 13.9 Å². The van der Waals surface area contributed by atoms with E-state index in [1.807, 2.05) is 38.1 Å². The molecule has 3 aromatic carbocycles. The molecule has 1 aliphatic heterocycles. The van der Waals surface area contributed by atoms with Gasteiger partial charge in [0.2, 0.25) is 5.76 Å². The average Bonchev–Trinajstić information content (AvgIpc) is 3.16. The first kappa shape index (κ1) is 24.9. The number of halogens is 1. The highest BCUT2D eigenvalue weighted by Crippen LogP contribution is 2.43. The minimum Gasteiger partial charge on any atom is -0.493 e. The minimum atomic E-state index is -0.740. The third-order valence-electron chi connectivity index (χ3n) is 6.65. The molecule has 1 atom stereocenters. The lowest BCUT2D eigenvalue weighted by Gasteiger charge is -2.26. The fraction of sp³-hybridized carbons (Fsp3) is 0.267. The van der Waals surface area contributed by atoms with E-state index in [1.165, 1.54) is 0 Å². The van der Waals surface area contributed by atoms with Gasteiger partial charge in [0.15, 0.2) is 16.9 Å². The lowest BCUT2D eigenvalue weighted by atomic mass is 9.97. The molecule has 7 heteroatoms. The van der Waals surface area contributed by atoms with Crippen molar-refractivity contribution in [2.45, 2.75) is 33.7 Å². The Morgan fingerprint density at radius 2 is 1.76 bits per heavy atom. The molecule has 37 heavy (non-hydrogen) atoms. The van der Waals surface area contributed by atoms with E-state index in [4.69, 9.17) is 25.5 Å². The van der Waals surface area contributed by atoms with Crippen molar-refractivity contribution in [2.75, 3.05) is 18.6 Å². The Morgan fingerprint density at radius 3 is 2.46 bits per heavy atom. The summed E-state index contributed by atoms with van der Waals surface area (Å²) in [5.41, 5.74) is 3.65. The highest BCUT2D eigenvalue weighted by Gasteiger charge is 2.44. The Kier molecular flexibility index (Phi) is 6.46. The number of rotatable bonds is 6. The van der Waals surface area contributed by atoms with E-state index in [-0.39, 0.29) is 11.2 Å². The Bertz CT molecular complexity index is 1590. The first-order valence-corrected chi connectivity index (χ1v) is 12.5. The second kappa shape index (κ2) is 9.60. The van der Waals surface area contributed by atoms with Gasteiger partial charge in [-0.15, -0.1) is 0 Å². The molecule has 190 valence electrons. The number of carbonyl (C=O) groups excluding carboxylic acids is 1. The van der Waals surface area contributed by atoms with Crippen LogP contribution >= 0.6 is 11.6 Å². The molecular formula is C30H28ClNO5. The maximum Gasteiger partial charge on any atom is 0.295 e. The van der Waals surface area contributed by atoms with Crippen LogP contribution in [0.2, 0.25) is 5.02 Å². The van der Waals surface area contributed by atoms with E-state index in [0.29, 0.717) is 56.8 Å². The fourth-order valence-electron chi connectivity index (χ4n) is 4.67. The van der Waals surface area contributed by atoms with Crippen molar-refractivity contribution in [1.29, 1.82) is 0 Å². The predicted molar refractivity (Wildman–Crippen MR) is 145 cm³/mol. The van der Waals surface area contributed by atoms with E-state index >= 15 is 0 Å². The Labute approximate surface area is 220 Å². The molecule has 4 aromatic rings. The molecule has 6 nitrogen and oxygen atoms in total. The van der Waals surface area contributed by atoms with Crippen LogP contribution in [0.5, 0.6) is 11.5 Å². The second-order valence-corrected chi connectivity index (χ2v) is 10.2. The first-order chi connectivity index (χ1) is 17.7. The topological polar surface area (TPSA) is 69.0 Å². The van der Waals surface area contributed by atoms with Crippen LogP contribution in [0.3, 0.4) is 0 Å². The van der Waals surface area contributed by atoms with Crippen LogP contribution in [0.15, 0.2) is 63.8 Å². The molecule has 0 aliphatic carbocycles. The SMILES string of the molecule is COc1cc(C2c3c(oc4cc(C)c(C)cc4c3=O)C(=O)N2c2cccc(Cl)c2)ccc1OCC(C)C. The van der Waals surface area contributed by atoms with Gasteiger partial charge in [0.1, 0.15) is 5.58 Å². The highest BCUT2D eigenvalue weighted by atomic mass is 35.5. The van der Waals surface area contributed by atoms with Crippen molar-refractivity contribution in [3.05, 3.63) is 97.9 Å². The number of methoxy groups -OCH3 is 1. The summed E-state index contributed by atoms with van der Waals surface area (Å²) in [5.74, 6) is 1.08. The smallest absolute Gasteiger partial charge is 0.295 e. The molecule has 5 rings (SSSR count). The van der Waals surface area contributed by atoms with E-state index in [2.05, 4.69) is 13.8 Å². The van der Waals surface area contributed by atoms with Gasteiger partial charge in [0.05, 0.1) is 30.7 Å². The lowest BCUT2D eigenvalue weighted by Crippen LogP contribution is -2.29. The predicted octanol–water partition coefficient (Wildman–Crippen LogP) is 6.86. The summed E-state index contributed by atoms with van der Waals surface area (Å²) < 4.78 is 17.7. The quantitative estimate of drug-likeness (QED) is 0.279. The lowest BCUT2D eigenvalue weighted by molar-refractivity contribution is 0.0971. The van der Waals surface area contributed by atoms with E-state index < -0.39 is 11.9 Å². The van der Waals surface area contributed by atoms with Crippen LogP contribution in [0.25, 0.3) is 11.0 Å². The largest absolute Gasteiger partial charge is 0.493 e. The van der Waals surface area contributed by atoms with Crippen LogP contribution in [0.1, 0.15) is 52.7 Å². The van der Waals surface area contributed by atoms with Crippen molar-refractivity contribution in [3.63, 3.8) is 0 Å². The number of benzene rings is 3. The average molecular weight is 518 g/mol. The summed E-state index contributed by atoms with van der Waals surface area (Å²) in [6.07, 6.45) is 0. The summed E-state index contributed by atoms with van der Waals surface area (Å²) in [5, 5.41) is 0.919. The minimum absolute atomic E-state index is 0.0322. The van der Waals surface area contributed by atoms with Crippen LogP contribution in [0.4, 0.5) is 5.69 Å². The number of nitrogens with zero attached hydrogens (tertiary/aromatic N) is 1. The first-order valence-electron chi connectivity index (χ1n) is 12.2. The van der Waals surface area contributed by atoms with E-state index in [1.54, 1.807) is 42.3 Å².